The van der Waals surface area contributed by atoms with Gasteiger partial charge >= 0.3 is 0 Å². The van der Waals surface area contributed by atoms with E-state index in [0.717, 1.165) is 5.52 Å². The molecule has 1 atom stereocenters. The van der Waals surface area contributed by atoms with Crippen molar-refractivity contribution in [2.75, 3.05) is 12.0 Å². The summed E-state index contributed by atoms with van der Waals surface area (Å²) in [6.07, 6.45) is 0. The van der Waals surface area contributed by atoms with Gasteiger partial charge in [-0.15, -0.1) is 5.10 Å². The summed E-state index contributed by atoms with van der Waals surface area (Å²) in [5.41, 5.74) is 2.17. The summed E-state index contributed by atoms with van der Waals surface area (Å²) in [7, 11) is 1.57. The van der Waals surface area contributed by atoms with Gasteiger partial charge in [0.25, 0.3) is 0 Å². The summed E-state index contributed by atoms with van der Waals surface area (Å²) < 4.78 is 6.96. The van der Waals surface area contributed by atoms with Crippen molar-refractivity contribution in [2.24, 2.45) is 0 Å². The average molecular weight is 472 g/mol. The Morgan fingerprint density at radius 2 is 1.71 bits per heavy atom. The van der Waals surface area contributed by atoms with E-state index in [0.29, 0.717) is 22.5 Å². The van der Waals surface area contributed by atoms with Crippen LogP contribution in [0.3, 0.4) is 0 Å². The largest absolute Gasteiger partial charge is 0.497 e. The first-order valence-electron chi connectivity index (χ1n) is 11.4. The number of ether oxygens (including phenoxy) is 1. The van der Waals surface area contributed by atoms with E-state index in [1.54, 1.807) is 23.9 Å². The molecule has 0 fully saturated rings. The maximum absolute atomic E-state index is 13.9. The summed E-state index contributed by atoms with van der Waals surface area (Å²) in [4.78, 5) is 29.2. The molecule has 1 N–H and O–H groups in total. The number of para-hydroxylation sites is 2. The van der Waals surface area contributed by atoms with Crippen molar-refractivity contribution in [3.63, 3.8) is 0 Å². The van der Waals surface area contributed by atoms with Crippen molar-refractivity contribution in [3.05, 3.63) is 84.4 Å². The SMILES string of the molecule is COc1cccc([C@H](C(=O)NC(C)(C)C)N(C(=O)Cn2nnc3ccccc32)c2ccccc2)c1. The first-order chi connectivity index (χ1) is 16.8. The quantitative estimate of drug-likeness (QED) is 0.438. The molecule has 4 rings (SSSR count). The molecule has 1 heterocycles. The van der Waals surface area contributed by atoms with Crippen molar-refractivity contribution in [2.45, 2.75) is 38.9 Å². The minimum absolute atomic E-state index is 0.0846. The Labute approximate surface area is 204 Å². The monoisotopic (exact) mass is 471 g/mol. The molecular weight excluding hydrogens is 442 g/mol. The van der Waals surface area contributed by atoms with Crippen molar-refractivity contribution in [1.29, 1.82) is 0 Å². The molecule has 35 heavy (non-hydrogen) atoms. The number of nitrogens with one attached hydrogen (secondary N) is 1. The zero-order chi connectivity index (χ0) is 25.0. The predicted octanol–water partition coefficient (Wildman–Crippen LogP) is 4.13. The van der Waals surface area contributed by atoms with E-state index in [4.69, 9.17) is 4.74 Å². The fourth-order valence-electron chi connectivity index (χ4n) is 3.93. The van der Waals surface area contributed by atoms with Crippen LogP contribution in [0.5, 0.6) is 5.75 Å². The molecular formula is C27H29N5O3. The second kappa shape index (κ2) is 9.97. The highest BCUT2D eigenvalue weighted by molar-refractivity contribution is 6.01. The maximum atomic E-state index is 13.9. The van der Waals surface area contributed by atoms with Gasteiger partial charge in [0.1, 0.15) is 23.9 Å². The zero-order valence-corrected chi connectivity index (χ0v) is 20.3. The number of carbonyl (C=O) groups excluding carboxylic acids is 2. The van der Waals surface area contributed by atoms with E-state index in [1.165, 1.54) is 4.90 Å². The van der Waals surface area contributed by atoms with Crippen LogP contribution in [-0.2, 0) is 16.1 Å². The van der Waals surface area contributed by atoms with Crippen molar-refractivity contribution < 1.29 is 14.3 Å². The van der Waals surface area contributed by atoms with Crippen molar-refractivity contribution in [1.82, 2.24) is 20.3 Å². The van der Waals surface area contributed by atoms with Crippen molar-refractivity contribution >= 4 is 28.5 Å². The number of fused-ring (bicyclic) bond motifs is 1. The summed E-state index contributed by atoms with van der Waals surface area (Å²) >= 11 is 0. The van der Waals surface area contributed by atoms with E-state index in [2.05, 4.69) is 15.6 Å². The molecule has 4 aromatic rings. The van der Waals surface area contributed by atoms with Gasteiger partial charge in [-0.3, -0.25) is 14.5 Å². The Balaban J connectivity index is 1.81. The van der Waals surface area contributed by atoms with Crippen LogP contribution < -0.4 is 15.0 Å². The first-order valence-corrected chi connectivity index (χ1v) is 11.4. The maximum Gasteiger partial charge on any atom is 0.249 e. The smallest absolute Gasteiger partial charge is 0.249 e. The number of aromatic nitrogens is 3. The van der Waals surface area contributed by atoms with E-state index >= 15 is 0 Å². The second-order valence-corrected chi connectivity index (χ2v) is 9.25. The number of nitrogens with zero attached hydrogens (tertiary/aromatic N) is 4. The number of hydrogen-bond donors (Lipinski definition) is 1. The lowest BCUT2D eigenvalue weighted by molar-refractivity contribution is -0.128. The van der Waals surface area contributed by atoms with Gasteiger partial charge in [0.15, 0.2) is 0 Å². The van der Waals surface area contributed by atoms with Crippen LogP contribution in [0, 0.1) is 0 Å². The Bertz CT molecular complexity index is 1330. The van der Waals surface area contributed by atoms with Crippen molar-refractivity contribution in [3.8, 4) is 5.75 Å². The lowest BCUT2D eigenvalue weighted by atomic mass is 10.0. The molecule has 3 aromatic carbocycles. The molecule has 8 nitrogen and oxygen atoms in total. The number of amides is 2. The molecule has 2 amide bonds. The van der Waals surface area contributed by atoms with E-state index in [9.17, 15) is 9.59 Å². The molecule has 0 spiro atoms. The molecule has 0 radical (unpaired) electrons. The van der Waals surface area contributed by atoms with Crippen LogP contribution in [0.2, 0.25) is 0 Å². The fraction of sp³-hybridized carbons (Fsp3) is 0.259. The molecule has 180 valence electrons. The third-order valence-corrected chi connectivity index (χ3v) is 5.42. The topological polar surface area (TPSA) is 89.4 Å². The van der Waals surface area contributed by atoms with Gasteiger partial charge in [-0.05, 0) is 62.7 Å². The zero-order valence-electron chi connectivity index (χ0n) is 20.3. The van der Waals surface area contributed by atoms with Crippen LogP contribution in [-0.4, -0.2) is 39.5 Å². The number of methoxy groups -OCH3 is 1. The Morgan fingerprint density at radius 1 is 1.00 bits per heavy atom. The number of benzene rings is 3. The Hall–Kier alpha value is -4.20. The number of anilines is 1. The standard InChI is InChI=1S/C27H29N5O3/c1-27(2,3)28-26(34)25(19-11-10-14-21(17-19)35-4)32(20-12-6-5-7-13-20)24(33)18-31-23-16-9-8-15-22(23)29-30-31/h5-17,25H,18H2,1-4H3,(H,28,34)/t25-/m1/s1. The average Bonchev–Trinajstić information content (AvgIpc) is 3.24. The van der Waals surface area contributed by atoms with Crippen LogP contribution in [0.15, 0.2) is 78.9 Å². The Kier molecular flexibility index (Phi) is 6.82. The van der Waals surface area contributed by atoms with Gasteiger partial charge in [-0.25, -0.2) is 4.68 Å². The van der Waals surface area contributed by atoms with E-state index in [1.807, 2.05) is 87.5 Å². The number of rotatable bonds is 7. The molecule has 0 bridgehead atoms. The lowest BCUT2D eigenvalue weighted by Crippen LogP contribution is -2.50. The van der Waals surface area contributed by atoms with Gasteiger partial charge < -0.3 is 10.1 Å². The second-order valence-electron chi connectivity index (χ2n) is 9.25. The van der Waals surface area contributed by atoms with Gasteiger partial charge in [0.2, 0.25) is 11.8 Å². The summed E-state index contributed by atoms with van der Waals surface area (Å²) in [6, 6.07) is 22.9. The minimum atomic E-state index is -0.936. The van der Waals surface area contributed by atoms with Gasteiger partial charge in [0.05, 0.1) is 12.6 Å². The molecule has 1 aromatic heterocycles. The lowest BCUT2D eigenvalue weighted by Gasteiger charge is -2.34. The molecule has 0 unspecified atom stereocenters. The summed E-state index contributed by atoms with van der Waals surface area (Å²) in [5.74, 6) is -0.00562. The van der Waals surface area contributed by atoms with Gasteiger partial charge in [-0.2, -0.15) is 0 Å². The van der Waals surface area contributed by atoms with Gasteiger partial charge in [-0.1, -0.05) is 47.7 Å². The highest BCUT2D eigenvalue weighted by Crippen LogP contribution is 2.31. The Morgan fingerprint density at radius 3 is 2.43 bits per heavy atom. The van der Waals surface area contributed by atoms with Crippen LogP contribution in [0.25, 0.3) is 11.0 Å². The first kappa shape index (κ1) is 23.9. The summed E-state index contributed by atoms with van der Waals surface area (Å²) in [5, 5.41) is 11.4. The van der Waals surface area contributed by atoms with E-state index < -0.39 is 11.6 Å². The molecule has 8 heteroatoms. The highest BCUT2D eigenvalue weighted by atomic mass is 16.5. The molecule has 0 saturated carbocycles. The highest BCUT2D eigenvalue weighted by Gasteiger charge is 2.35. The predicted molar refractivity (Wildman–Crippen MR) is 135 cm³/mol. The van der Waals surface area contributed by atoms with E-state index in [-0.39, 0.29) is 18.4 Å². The molecule has 0 aliphatic rings. The number of carbonyl (C=O) groups is 2. The molecule has 0 aliphatic carbocycles. The summed E-state index contributed by atoms with van der Waals surface area (Å²) in [6.45, 7) is 5.63. The van der Waals surface area contributed by atoms with Gasteiger partial charge in [0, 0.05) is 11.2 Å². The normalized spacial score (nSPS) is 12.2. The van der Waals surface area contributed by atoms with Crippen LogP contribution >= 0.6 is 0 Å². The third kappa shape index (κ3) is 5.48. The fourth-order valence-corrected chi connectivity index (χ4v) is 3.93. The van der Waals surface area contributed by atoms with Crippen LogP contribution in [0.1, 0.15) is 32.4 Å². The number of hydrogen-bond acceptors (Lipinski definition) is 5. The molecule has 0 aliphatic heterocycles. The third-order valence-electron chi connectivity index (χ3n) is 5.42. The molecule has 0 saturated heterocycles. The van der Waals surface area contributed by atoms with Crippen LogP contribution in [0.4, 0.5) is 5.69 Å². The minimum Gasteiger partial charge on any atom is -0.497 e.